The number of hydrogen-bond acceptors (Lipinski definition) is 5. The van der Waals surface area contributed by atoms with Gasteiger partial charge in [0.1, 0.15) is 28.6 Å². The number of ketones is 1. The van der Waals surface area contributed by atoms with Crippen molar-refractivity contribution >= 4 is 11.9 Å². The Hall–Kier alpha value is -2.95. The first kappa shape index (κ1) is 17.4. The van der Waals surface area contributed by atoms with Crippen LogP contribution in [0.1, 0.15) is 21.5 Å². The molecule has 0 heterocycles. The second kappa shape index (κ2) is 7.55. The van der Waals surface area contributed by atoms with E-state index < -0.39 is 0 Å². The van der Waals surface area contributed by atoms with Gasteiger partial charge < -0.3 is 19.3 Å². The third-order valence-corrected chi connectivity index (χ3v) is 3.56. The minimum Gasteiger partial charge on any atom is -0.507 e. The SMILES string of the molecule is COc1cc(OC)c(C(=O)/C=C/c2ccc(C)cc2O)c(OC)c1. The van der Waals surface area contributed by atoms with E-state index in [4.69, 9.17) is 14.2 Å². The maximum Gasteiger partial charge on any atom is 0.193 e. The molecule has 2 rings (SSSR count). The van der Waals surface area contributed by atoms with Crippen LogP contribution in [-0.2, 0) is 0 Å². The van der Waals surface area contributed by atoms with Gasteiger partial charge in [-0.15, -0.1) is 0 Å². The van der Waals surface area contributed by atoms with Crippen LogP contribution < -0.4 is 14.2 Å². The Morgan fingerprint density at radius 3 is 2.12 bits per heavy atom. The fourth-order valence-electron chi connectivity index (χ4n) is 2.29. The van der Waals surface area contributed by atoms with Crippen molar-refractivity contribution in [2.24, 2.45) is 0 Å². The van der Waals surface area contributed by atoms with Crippen LogP contribution in [0.15, 0.2) is 36.4 Å². The van der Waals surface area contributed by atoms with Gasteiger partial charge in [0.05, 0.1) is 21.3 Å². The molecule has 2 aromatic carbocycles. The number of methoxy groups -OCH3 is 3. The lowest BCUT2D eigenvalue weighted by atomic mass is 10.1. The van der Waals surface area contributed by atoms with Crippen LogP contribution in [0.2, 0.25) is 0 Å². The zero-order valence-corrected chi connectivity index (χ0v) is 14.1. The summed E-state index contributed by atoms with van der Waals surface area (Å²) in [5, 5.41) is 9.92. The van der Waals surface area contributed by atoms with Crippen molar-refractivity contribution in [3.8, 4) is 23.0 Å². The predicted octanol–water partition coefficient (Wildman–Crippen LogP) is 3.62. The second-order valence-corrected chi connectivity index (χ2v) is 5.17. The molecule has 0 aliphatic carbocycles. The molecule has 0 unspecified atom stereocenters. The maximum absolute atomic E-state index is 12.6. The first-order chi connectivity index (χ1) is 11.5. The molecule has 0 atom stereocenters. The summed E-state index contributed by atoms with van der Waals surface area (Å²) >= 11 is 0. The summed E-state index contributed by atoms with van der Waals surface area (Å²) in [6.45, 7) is 1.88. The van der Waals surface area contributed by atoms with Crippen LogP contribution in [0.25, 0.3) is 6.08 Å². The van der Waals surface area contributed by atoms with Crippen molar-refractivity contribution in [1.29, 1.82) is 0 Å². The first-order valence-electron chi connectivity index (χ1n) is 7.32. The number of carbonyl (C=O) groups is 1. The number of benzene rings is 2. The van der Waals surface area contributed by atoms with E-state index in [0.29, 0.717) is 28.4 Å². The van der Waals surface area contributed by atoms with Gasteiger partial charge in [-0.2, -0.15) is 0 Å². The van der Waals surface area contributed by atoms with E-state index >= 15 is 0 Å². The normalized spacial score (nSPS) is 10.7. The highest BCUT2D eigenvalue weighted by Crippen LogP contribution is 2.34. The molecule has 0 aliphatic heterocycles. The smallest absolute Gasteiger partial charge is 0.193 e. The molecule has 0 aliphatic rings. The van der Waals surface area contributed by atoms with Crippen molar-refractivity contribution in [1.82, 2.24) is 0 Å². The summed E-state index contributed by atoms with van der Waals surface area (Å²) in [7, 11) is 4.47. The first-order valence-corrected chi connectivity index (χ1v) is 7.32. The molecule has 2 aromatic rings. The van der Waals surface area contributed by atoms with Gasteiger partial charge in [0.25, 0.3) is 0 Å². The van der Waals surface area contributed by atoms with Gasteiger partial charge in [0, 0.05) is 17.7 Å². The molecule has 1 N–H and O–H groups in total. The fourth-order valence-corrected chi connectivity index (χ4v) is 2.29. The number of rotatable bonds is 6. The summed E-state index contributed by atoms with van der Waals surface area (Å²) in [5.41, 5.74) is 1.79. The number of phenols is 1. The number of ether oxygens (including phenoxy) is 3. The van der Waals surface area contributed by atoms with Crippen LogP contribution in [0.5, 0.6) is 23.0 Å². The van der Waals surface area contributed by atoms with Crippen molar-refractivity contribution < 1.29 is 24.1 Å². The van der Waals surface area contributed by atoms with Gasteiger partial charge in [0.2, 0.25) is 0 Å². The van der Waals surface area contributed by atoms with E-state index in [1.165, 1.54) is 27.4 Å². The topological polar surface area (TPSA) is 65.0 Å². The Morgan fingerprint density at radius 2 is 1.62 bits per heavy atom. The van der Waals surface area contributed by atoms with Crippen LogP contribution in [0.4, 0.5) is 0 Å². The molecule has 0 bridgehead atoms. The van der Waals surface area contributed by atoms with Crippen molar-refractivity contribution in [2.45, 2.75) is 6.92 Å². The molecule has 0 spiro atoms. The molecule has 0 saturated carbocycles. The Kier molecular flexibility index (Phi) is 5.47. The average Bonchev–Trinajstić information content (AvgIpc) is 2.59. The monoisotopic (exact) mass is 328 g/mol. The van der Waals surface area contributed by atoms with Gasteiger partial charge in [-0.1, -0.05) is 12.1 Å². The Bertz CT molecular complexity index is 752. The van der Waals surface area contributed by atoms with E-state index in [-0.39, 0.29) is 11.5 Å². The molecule has 0 radical (unpaired) electrons. The standard InChI is InChI=1S/C19H20O5/c1-12-5-6-13(16(21)9-12)7-8-15(20)19-17(23-3)10-14(22-2)11-18(19)24-4/h5-11,21H,1-4H3/b8-7+. The highest BCUT2D eigenvalue weighted by molar-refractivity contribution is 6.10. The number of carbonyl (C=O) groups excluding carboxylic acids is 1. The average molecular weight is 328 g/mol. The maximum atomic E-state index is 12.6. The van der Waals surface area contributed by atoms with E-state index in [2.05, 4.69) is 0 Å². The minimum atomic E-state index is -0.300. The number of hydrogen-bond donors (Lipinski definition) is 1. The van der Waals surface area contributed by atoms with E-state index in [1.54, 1.807) is 30.3 Å². The second-order valence-electron chi connectivity index (χ2n) is 5.17. The minimum absolute atomic E-state index is 0.118. The summed E-state index contributed by atoms with van der Waals surface area (Å²) in [5.74, 6) is 1.06. The molecule has 0 saturated heterocycles. The third kappa shape index (κ3) is 3.68. The van der Waals surface area contributed by atoms with Crippen LogP contribution in [-0.4, -0.2) is 32.2 Å². The molecule has 5 nitrogen and oxygen atoms in total. The summed E-state index contributed by atoms with van der Waals surface area (Å²) in [6.07, 6.45) is 2.93. The van der Waals surface area contributed by atoms with E-state index in [9.17, 15) is 9.90 Å². The van der Waals surface area contributed by atoms with Gasteiger partial charge in [-0.05, 0) is 30.7 Å². The summed E-state index contributed by atoms with van der Waals surface area (Å²) in [4.78, 5) is 12.6. The molecule has 24 heavy (non-hydrogen) atoms. The van der Waals surface area contributed by atoms with Gasteiger partial charge in [0.15, 0.2) is 5.78 Å². The highest BCUT2D eigenvalue weighted by Gasteiger charge is 2.18. The molecule has 126 valence electrons. The molecule has 0 fully saturated rings. The molecular weight excluding hydrogens is 308 g/mol. The zero-order chi connectivity index (χ0) is 17.7. The summed E-state index contributed by atoms with van der Waals surface area (Å²) < 4.78 is 15.7. The van der Waals surface area contributed by atoms with Crippen LogP contribution >= 0.6 is 0 Å². The molecule has 0 aromatic heterocycles. The van der Waals surface area contributed by atoms with Gasteiger partial charge in [-0.3, -0.25) is 4.79 Å². The fraction of sp³-hybridized carbons (Fsp3) is 0.211. The van der Waals surface area contributed by atoms with E-state index in [1.807, 2.05) is 13.0 Å². The third-order valence-electron chi connectivity index (χ3n) is 3.56. The van der Waals surface area contributed by atoms with Gasteiger partial charge >= 0.3 is 0 Å². The molecule has 5 heteroatoms. The van der Waals surface area contributed by atoms with Crippen LogP contribution in [0, 0.1) is 6.92 Å². The summed E-state index contributed by atoms with van der Waals surface area (Å²) in [6, 6.07) is 8.48. The lowest BCUT2D eigenvalue weighted by molar-refractivity contribution is 0.104. The van der Waals surface area contributed by atoms with E-state index in [0.717, 1.165) is 5.56 Å². The number of aromatic hydroxyl groups is 1. The van der Waals surface area contributed by atoms with Crippen molar-refractivity contribution in [3.63, 3.8) is 0 Å². The lowest BCUT2D eigenvalue weighted by Crippen LogP contribution is -2.03. The Morgan fingerprint density at radius 1 is 1.00 bits per heavy atom. The highest BCUT2D eigenvalue weighted by atomic mass is 16.5. The predicted molar refractivity (Wildman–Crippen MR) is 92.3 cm³/mol. The number of allylic oxidation sites excluding steroid dienone is 1. The Labute approximate surface area is 141 Å². The quantitative estimate of drug-likeness (QED) is 0.648. The molecular formula is C19H20O5. The van der Waals surface area contributed by atoms with Crippen molar-refractivity contribution in [2.75, 3.05) is 21.3 Å². The Balaban J connectivity index is 2.40. The van der Waals surface area contributed by atoms with Crippen molar-refractivity contribution in [3.05, 3.63) is 53.1 Å². The zero-order valence-electron chi connectivity index (χ0n) is 14.1. The lowest BCUT2D eigenvalue weighted by Gasteiger charge is -2.13. The van der Waals surface area contributed by atoms with Gasteiger partial charge in [-0.25, -0.2) is 0 Å². The molecule has 0 amide bonds. The number of phenolic OH excluding ortho intramolecular Hbond substituents is 1. The number of aryl methyl sites for hydroxylation is 1. The largest absolute Gasteiger partial charge is 0.507 e. The van der Waals surface area contributed by atoms with Crippen LogP contribution in [0.3, 0.4) is 0 Å².